The molecule has 3 N–H and O–H groups in total. The Morgan fingerprint density at radius 1 is 1.07 bits per heavy atom. The number of halogens is 2. The van der Waals surface area contributed by atoms with Crippen molar-refractivity contribution in [2.45, 2.75) is 13.0 Å². The molecule has 152 valence electrons. The first-order chi connectivity index (χ1) is 13.1. The van der Waals surface area contributed by atoms with Gasteiger partial charge in [-0.1, -0.05) is 40.2 Å². The maximum atomic E-state index is 12.1. The van der Waals surface area contributed by atoms with Crippen LogP contribution < -0.4 is 20.7 Å². The number of guanidine groups is 1. The second-order valence-corrected chi connectivity index (χ2v) is 6.70. The third-order valence-electron chi connectivity index (χ3n) is 3.88. The van der Waals surface area contributed by atoms with Crippen molar-refractivity contribution < 1.29 is 9.53 Å². The number of benzene rings is 2. The number of carbonyl (C=O) groups excluding carboxylic acids is 1. The molecule has 2 rings (SSSR count). The van der Waals surface area contributed by atoms with Crippen molar-refractivity contribution in [3.63, 3.8) is 0 Å². The molecule has 0 atom stereocenters. The molecule has 0 aliphatic rings. The van der Waals surface area contributed by atoms with Crippen molar-refractivity contribution in [2.75, 3.05) is 27.2 Å². The average Bonchev–Trinajstić information content (AvgIpc) is 2.70. The summed E-state index contributed by atoms with van der Waals surface area (Å²) in [5.74, 6) is 1.48. The van der Waals surface area contributed by atoms with Crippen LogP contribution in [0.15, 0.2) is 58.0 Å². The van der Waals surface area contributed by atoms with E-state index in [1.807, 2.05) is 36.4 Å². The molecule has 0 fully saturated rings. The van der Waals surface area contributed by atoms with Crippen LogP contribution in [0, 0.1) is 0 Å². The number of hydrogen-bond donors (Lipinski definition) is 3. The van der Waals surface area contributed by atoms with Gasteiger partial charge in [-0.25, -0.2) is 0 Å². The molecule has 0 bridgehead atoms. The summed E-state index contributed by atoms with van der Waals surface area (Å²) >= 11 is 3.37. The molecular weight excluding hydrogens is 535 g/mol. The van der Waals surface area contributed by atoms with E-state index in [4.69, 9.17) is 4.74 Å². The molecule has 6 nitrogen and oxygen atoms in total. The number of methoxy groups -OCH3 is 1. The summed E-state index contributed by atoms with van der Waals surface area (Å²) in [7, 11) is 3.39. The second-order valence-electron chi connectivity index (χ2n) is 5.78. The molecule has 0 unspecified atom stereocenters. The van der Waals surface area contributed by atoms with E-state index in [0.29, 0.717) is 31.2 Å². The van der Waals surface area contributed by atoms with Gasteiger partial charge in [0, 0.05) is 42.3 Å². The molecular formula is C20H26BrIN4O2. The van der Waals surface area contributed by atoms with Gasteiger partial charge in [-0.05, 0) is 30.7 Å². The van der Waals surface area contributed by atoms with E-state index in [1.165, 1.54) is 0 Å². The molecule has 0 aromatic heterocycles. The zero-order chi connectivity index (χ0) is 19.5. The first-order valence-electron chi connectivity index (χ1n) is 8.74. The number of hydrogen-bond acceptors (Lipinski definition) is 3. The molecule has 2 aromatic rings. The van der Waals surface area contributed by atoms with Crippen LogP contribution in [0.1, 0.15) is 22.3 Å². The molecule has 8 heteroatoms. The fraction of sp³-hybridized carbons (Fsp3) is 0.300. The van der Waals surface area contributed by atoms with Crippen molar-refractivity contribution in [3.8, 4) is 5.75 Å². The molecule has 28 heavy (non-hydrogen) atoms. The quantitative estimate of drug-likeness (QED) is 0.200. The van der Waals surface area contributed by atoms with Crippen LogP contribution in [0.25, 0.3) is 0 Å². The molecule has 0 aliphatic heterocycles. The number of carbonyl (C=O) groups is 1. The molecule has 0 heterocycles. The lowest BCUT2D eigenvalue weighted by molar-refractivity contribution is 0.0953. The molecule has 2 aromatic carbocycles. The third-order valence-corrected chi connectivity index (χ3v) is 4.37. The van der Waals surface area contributed by atoms with Crippen LogP contribution in [-0.4, -0.2) is 39.1 Å². The van der Waals surface area contributed by atoms with E-state index in [9.17, 15) is 4.79 Å². The summed E-state index contributed by atoms with van der Waals surface area (Å²) < 4.78 is 6.24. The summed E-state index contributed by atoms with van der Waals surface area (Å²) in [5, 5.41) is 9.41. The van der Waals surface area contributed by atoms with Gasteiger partial charge in [-0.3, -0.25) is 9.79 Å². The number of ether oxygens (including phenoxy) is 1. The highest BCUT2D eigenvalue weighted by Gasteiger charge is 2.05. The Kier molecular flexibility index (Phi) is 11.6. The topological polar surface area (TPSA) is 74.8 Å². The Morgan fingerprint density at radius 3 is 2.54 bits per heavy atom. The number of rotatable bonds is 8. The SMILES string of the molecule is CN=C(NCCCNC(=O)c1cccc(Br)c1)NCc1ccccc1OC.I. The van der Waals surface area contributed by atoms with E-state index in [-0.39, 0.29) is 29.9 Å². The number of aliphatic imine (C=N–C) groups is 1. The largest absolute Gasteiger partial charge is 0.496 e. The number of amides is 1. The van der Waals surface area contributed by atoms with Crippen LogP contribution in [0.3, 0.4) is 0 Å². The fourth-order valence-electron chi connectivity index (χ4n) is 2.48. The minimum Gasteiger partial charge on any atom is -0.496 e. The van der Waals surface area contributed by atoms with E-state index in [0.717, 1.165) is 22.2 Å². The molecule has 1 amide bonds. The summed E-state index contributed by atoms with van der Waals surface area (Å²) in [4.78, 5) is 16.3. The second kappa shape index (κ2) is 13.4. The van der Waals surface area contributed by atoms with Crippen molar-refractivity contribution >= 4 is 51.8 Å². The van der Waals surface area contributed by atoms with Gasteiger partial charge in [-0.15, -0.1) is 24.0 Å². The van der Waals surface area contributed by atoms with E-state index in [1.54, 1.807) is 26.3 Å². The number of nitrogens with zero attached hydrogens (tertiary/aromatic N) is 1. The van der Waals surface area contributed by atoms with Crippen molar-refractivity contribution in [3.05, 3.63) is 64.1 Å². The summed E-state index contributed by atoms with van der Waals surface area (Å²) in [6.45, 7) is 1.90. The molecule has 0 spiro atoms. The first-order valence-corrected chi connectivity index (χ1v) is 9.53. The molecule has 0 saturated heterocycles. The first kappa shape index (κ1) is 24.2. The predicted molar refractivity (Wildman–Crippen MR) is 128 cm³/mol. The summed E-state index contributed by atoms with van der Waals surface area (Å²) in [5.41, 5.74) is 1.70. The Morgan fingerprint density at radius 2 is 1.82 bits per heavy atom. The van der Waals surface area contributed by atoms with Gasteiger partial charge in [-0.2, -0.15) is 0 Å². The Labute approximate surface area is 191 Å². The fourth-order valence-corrected chi connectivity index (χ4v) is 2.88. The van der Waals surface area contributed by atoms with Gasteiger partial charge in [0.15, 0.2) is 5.96 Å². The van der Waals surface area contributed by atoms with Crippen LogP contribution in [-0.2, 0) is 6.54 Å². The minimum absolute atomic E-state index is 0. The lowest BCUT2D eigenvalue weighted by Gasteiger charge is -2.14. The van der Waals surface area contributed by atoms with E-state index >= 15 is 0 Å². The maximum absolute atomic E-state index is 12.1. The van der Waals surface area contributed by atoms with Crippen LogP contribution in [0.4, 0.5) is 0 Å². The maximum Gasteiger partial charge on any atom is 0.251 e. The smallest absolute Gasteiger partial charge is 0.251 e. The lowest BCUT2D eigenvalue weighted by atomic mass is 10.2. The van der Waals surface area contributed by atoms with Gasteiger partial charge < -0.3 is 20.7 Å². The molecule has 0 aliphatic carbocycles. The Balaban J connectivity index is 0.00000392. The minimum atomic E-state index is -0.0741. The zero-order valence-corrected chi connectivity index (χ0v) is 19.9. The van der Waals surface area contributed by atoms with Gasteiger partial charge in [0.05, 0.1) is 7.11 Å². The van der Waals surface area contributed by atoms with Crippen LogP contribution in [0.5, 0.6) is 5.75 Å². The van der Waals surface area contributed by atoms with Crippen LogP contribution in [0.2, 0.25) is 0 Å². The Bertz CT molecular complexity index is 786. The zero-order valence-electron chi connectivity index (χ0n) is 16.0. The van der Waals surface area contributed by atoms with Gasteiger partial charge >= 0.3 is 0 Å². The summed E-state index contributed by atoms with van der Waals surface area (Å²) in [6, 6.07) is 15.2. The number of nitrogens with one attached hydrogen (secondary N) is 3. The van der Waals surface area contributed by atoms with Crippen molar-refractivity contribution in [2.24, 2.45) is 4.99 Å². The number of para-hydroxylation sites is 1. The molecule has 0 saturated carbocycles. The van der Waals surface area contributed by atoms with Crippen molar-refractivity contribution in [1.82, 2.24) is 16.0 Å². The monoisotopic (exact) mass is 560 g/mol. The highest BCUT2D eigenvalue weighted by Crippen LogP contribution is 2.16. The third kappa shape index (κ3) is 8.05. The van der Waals surface area contributed by atoms with Gasteiger partial charge in [0.1, 0.15) is 5.75 Å². The normalized spacial score (nSPS) is 10.6. The standard InChI is InChI=1S/C20H25BrN4O2.HI/c1-22-20(25-14-16-7-3-4-10-18(16)27-2)24-12-6-11-23-19(26)15-8-5-9-17(21)13-15;/h3-5,7-10,13H,6,11-12,14H2,1-2H3,(H,23,26)(H2,22,24,25);1H. The van der Waals surface area contributed by atoms with Gasteiger partial charge in [0.25, 0.3) is 5.91 Å². The molecule has 0 radical (unpaired) electrons. The van der Waals surface area contributed by atoms with Crippen LogP contribution >= 0.6 is 39.9 Å². The Hall–Kier alpha value is -1.81. The van der Waals surface area contributed by atoms with Gasteiger partial charge in [0.2, 0.25) is 0 Å². The van der Waals surface area contributed by atoms with Crippen molar-refractivity contribution in [1.29, 1.82) is 0 Å². The lowest BCUT2D eigenvalue weighted by Crippen LogP contribution is -2.38. The highest BCUT2D eigenvalue weighted by atomic mass is 127. The van der Waals surface area contributed by atoms with E-state index < -0.39 is 0 Å². The summed E-state index contributed by atoms with van der Waals surface area (Å²) in [6.07, 6.45) is 0.787. The predicted octanol–water partition coefficient (Wildman–Crippen LogP) is 3.56. The highest BCUT2D eigenvalue weighted by molar-refractivity contribution is 14.0. The average molecular weight is 561 g/mol. The van der Waals surface area contributed by atoms with E-state index in [2.05, 4.69) is 36.9 Å².